The molecule has 4 N–H and O–H groups in total. The zero-order chi connectivity index (χ0) is 30.3. The van der Waals surface area contributed by atoms with E-state index in [1.807, 2.05) is 7.05 Å². The lowest BCUT2D eigenvalue weighted by atomic mass is 10.1. The molecule has 2 aliphatic heterocycles. The molecule has 0 spiro atoms. The molecule has 12 nitrogen and oxygen atoms in total. The van der Waals surface area contributed by atoms with Crippen LogP contribution in [0.5, 0.6) is 0 Å². The fraction of sp³-hybridized carbons (Fsp3) is 1.00. The summed E-state index contributed by atoms with van der Waals surface area (Å²) in [5.41, 5.74) is 0. The number of ether oxygens (including phenoxy) is 1. The molecular weight excluding hydrogens is 558 g/mol. The second-order valence-electron chi connectivity index (χ2n) is 12.3. The first-order chi connectivity index (χ1) is 18.5. The van der Waals surface area contributed by atoms with Crippen LogP contribution in [0.2, 0.25) is 0 Å². The number of nitrogens with zero attached hydrogens (tertiary/aromatic N) is 2. The molecule has 2 fully saturated rings. The Morgan fingerprint density at radius 2 is 1.35 bits per heavy atom. The molecule has 14 heteroatoms. The normalized spacial score (nSPS) is 28.7. The van der Waals surface area contributed by atoms with E-state index in [1.165, 1.54) is 0 Å². The summed E-state index contributed by atoms with van der Waals surface area (Å²) in [6.07, 6.45) is 0.0384. The summed E-state index contributed by atoms with van der Waals surface area (Å²) in [5.74, 6) is 0. The zero-order valence-corrected chi connectivity index (χ0v) is 27.8. The number of likely N-dealkylation sites (tertiary alicyclic amines) is 2. The number of likely N-dealkylation sites (N-methyl/N-ethyl adjacent to an activating group) is 1. The summed E-state index contributed by atoms with van der Waals surface area (Å²) >= 11 is 0. The van der Waals surface area contributed by atoms with Crippen LogP contribution in [0.3, 0.4) is 0 Å². The van der Waals surface area contributed by atoms with Gasteiger partial charge in [0, 0.05) is 55.4 Å². The average molecular weight is 615 g/mol. The molecule has 2 rings (SSSR count). The maximum atomic E-state index is 13.0. The summed E-state index contributed by atoms with van der Waals surface area (Å²) < 4.78 is 47.7. The lowest BCUT2D eigenvalue weighted by Crippen LogP contribution is -2.40. The Hall–Kier alpha value is 0.0600. The van der Waals surface area contributed by atoms with E-state index in [0.29, 0.717) is 12.1 Å². The summed E-state index contributed by atoms with van der Waals surface area (Å²) in [7, 11) is -6.59. The number of phosphoric ester groups is 1. The standard InChI is InChI=1S/C26H56N4O8P2/c1-18(2)28-23-11-25(30(13-23)20(5)6)15-36-40(33,34)37-16-26(38-21(7)8)17-39(31,32)35-14-24-10-22(27-9)12-29(24)19(3)4/h18-28H,10-17H2,1-9H3,(H,31,32)(H,33,34)/t22-,23+,24+,25-,26?/m0/s1. The van der Waals surface area contributed by atoms with E-state index in [0.717, 1.165) is 25.9 Å². The Kier molecular flexibility index (Phi) is 14.7. The molecule has 0 aromatic rings. The first kappa shape index (κ1) is 36.3. The van der Waals surface area contributed by atoms with Gasteiger partial charge in [-0.15, -0.1) is 0 Å². The molecule has 238 valence electrons. The van der Waals surface area contributed by atoms with Crippen molar-refractivity contribution in [2.75, 3.05) is 46.1 Å². The van der Waals surface area contributed by atoms with Crippen LogP contribution in [0.15, 0.2) is 0 Å². The Balaban J connectivity index is 1.92. The molecule has 3 unspecified atom stereocenters. The first-order valence-corrected chi connectivity index (χ1v) is 18.0. The smallest absolute Gasteiger partial charge is 0.372 e. The third-order valence-corrected chi connectivity index (χ3v) is 9.81. The van der Waals surface area contributed by atoms with Gasteiger partial charge in [0.1, 0.15) is 0 Å². The van der Waals surface area contributed by atoms with Crippen LogP contribution >= 0.6 is 15.4 Å². The molecule has 0 aromatic carbocycles. The van der Waals surface area contributed by atoms with Crippen LogP contribution in [0.25, 0.3) is 0 Å². The fourth-order valence-electron chi connectivity index (χ4n) is 5.70. The van der Waals surface area contributed by atoms with Gasteiger partial charge in [0.05, 0.1) is 38.2 Å². The van der Waals surface area contributed by atoms with Crippen LogP contribution in [-0.4, -0.2) is 120 Å². The van der Waals surface area contributed by atoms with E-state index in [2.05, 4.69) is 62.0 Å². The van der Waals surface area contributed by atoms with Crippen LogP contribution < -0.4 is 10.6 Å². The zero-order valence-electron chi connectivity index (χ0n) is 26.0. The second-order valence-corrected chi connectivity index (χ2v) is 15.7. The van der Waals surface area contributed by atoms with Gasteiger partial charge in [-0.3, -0.25) is 23.4 Å². The Morgan fingerprint density at radius 1 is 0.825 bits per heavy atom. The van der Waals surface area contributed by atoms with Gasteiger partial charge < -0.3 is 29.7 Å². The number of hydrogen-bond acceptors (Lipinski definition) is 10. The summed E-state index contributed by atoms with van der Waals surface area (Å²) in [6.45, 7) is 17.6. The van der Waals surface area contributed by atoms with Gasteiger partial charge in [0.2, 0.25) is 0 Å². The summed E-state index contributed by atoms with van der Waals surface area (Å²) in [4.78, 5) is 25.6. The third kappa shape index (κ3) is 12.3. The predicted octanol–water partition coefficient (Wildman–Crippen LogP) is 3.04. The molecule has 0 aromatic heterocycles. The largest absolute Gasteiger partial charge is 0.472 e. The molecule has 7 atom stereocenters. The van der Waals surface area contributed by atoms with E-state index < -0.39 is 21.5 Å². The molecule has 40 heavy (non-hydrogen) atoms. The van der Waals surface area contributed by atoms with Crippen molar-refractivity contribution in [1.82, 2.24) is 20.4 Å². The maximum Gasteiger partial charge on any atom is 0.472 e. The van der Waals surface area contributed by atoms with E-state index in [-0.39, 0.29) is 62.3 Å². The highest BCUT2D eigenvalue weighted by Gasteiger charge is 2.38. The third-order valence-electron chi connectivity index (χ3n) is 7.44. The molecule has 0 radical (unpaired) electrons. The van der Waals surface area contributed by atoms with Gasteiger partial charge in [-0.25, -0.2) is 4.57 Å². The van der Waals surface area contributed by atoms with Gasteiger partial charge in [-0.05, 0) is 61.4 Å². The van der Waals surface area contributed by atoms with Gasteiger partial charge in [0.25, 0.3) is 0 Å². The molecular formula is C26H56N4O8P2. The number of phosphoric acid groups is 1. The molecule has 2 heterocycles. The molecule has 0 aliphatic carbocycles. The van der Waals surface area contributed by atoms with Gasteiger partial charge in [-0.1, -0.05) is 13.8 Å². The van der Waals surface area contributed by atoms with Crippen molar-refractivity contribution in [2.24, 2.45) is 0 Å². The molecule has 0 amide bonds. The van der Waals surface area contributed by atoms with E-state index in [4.69, 9.17) is 18.3 Å². The van der Waals surface area contributed by atoms with E-state index in [9.17, 15) is 18.9 Å². The van der Waals surface area contributed by atoms with Crippen LogP contribution in [-0.2, 0) is 27.4 Å². The van der Waals surface area contributed by atoms with Crippen molar-refractivity contribution in [3.8, 4) is 0 Å². The van der Waals surface area contributed by atoms with Crippen molar-refractivity contribution in [3.63, 3.8) is 0 Å². The van der Waals surface area contributed by atoms with Crippen LogP contribution in [0.4, 0.5) is 0 Å². The number of nitrogens with one attached hydrogen (secondary N) is 2. The second kappa shape index (κ2) is 16.2. The van der Waals surface area contributed by atoms with Crippen molar-refractivity contribution < 1.29 is 37.2 Å². The molecule has 0 saturated carbocycles. The van der Waals surface area contributed by atoms with Gasteiger partial charge in [0.15, 0.2) is 0 Å². The SMILES string of the molecule is CN[C@H]1C[C@H](COP(=O)(O)CC(COP(=O)(O)OC[C@@H]2C[C@@H](NC(C)C)CN2C(C)C)OC(C)C)N(C(C)C)C1. The average Bonchev–Trinajstić information content (AvgIpc) is 3.43. The van der Waals surface area contributed by atoms with Crippen molar-refractivity contribution in [2.45, 2.75) is 123 Å². The number of rotatable bonds is 18. The fourth-order valence-corrected chi connectivity index (χ4v) is 7.71. The lowest BCUT2D eigenvalue weighted by molar-refractivity contribution is -0.0166. The first-order valence-electron chi connectivity index (χ1n) is 14.7. The highest BCUT2D eigenvalue weighted by Crippen LogP contribution is 2.47. The summed E-state index contributed by atoms with van der Waals surface area (Å²) in [6, 6.07) is 1.44. The minimum atomic E-state index is -4.43. The van der Waals surface area contributed by atoms with Crippen molar-refractivity contribution in [1.29, 1.82) is 0 Å². The van der Waals surface area contributed by atoms with Crippen LogP contribution in [0, 0.1) is 0 Å². The Bertz CT molecular complexity index is 850. The van der Waals surface area contributed by atoms with E-state index in [1.54, 1.807) is 13.8 Å². The number of hydrogen-bond donors (Lipinski definition) is 4. The van der Waals surface area contributed by atoms with Crippen molar-refractivity contribution in [3.05, 3.63) is 0 Å². The quantitative estimate of drug-likeness (QED) is 0.169. The molecule has 2 aliphatic rings. The minimum absolute atomic E-state index is 0.0148. The van der Waals surface area contributed by atoms with Crippen molar-refractivity contribution >= 4 is 15.4 Å². The Labute approximate surface area is 242 Å². The summed E-state index contributed by atoms with van der Waals surface area (Å²) in [5, 5.41) is 6.80. The molecule has 2 saturated heterocycles. The highest BCUT2D eigenvalue weighted by molar-refractivity contribution is 7.52. The maximum absolute atomic E-state index is 13.0. The topological polar surface area (TPSA) is 142 Å². The van der Waals surface area contributed by atoms with Crippen LogP contribution in [0.1, 0.15) is 68.2 Å². The highest BCUT2D eigenvalue weighted by atomic mass is 31.2. The van der Waals surface area contributed by atoms with Gasteiger partial charge >= 0.3 is 15.4 Å². The molecule has 0 bridgehead atoms. The monoisotopic (exact) mass is 614 g/mol. The lowest BCUT2D eigenvalue weighted by Gasteiger charge is -2.29. The minimum Gasteiger partial charge on any atom is -0.372 e. The Morgan fingerprint density at radius 3 is 1.85 bits per heavy atom. The predicted molar refractivity (Wildman–Crippen MR) is 158 cm³/mol. The van der Waals surface area contributed by atoms with Gasteiger partial charge in [-0.2, -0.15) is 0 Å². The van der Waals surface area contributed by atoms with E-state index >= 15 is 0 Å².